The summed E-state index contributed by atoms with van der Waals surface area (Å²) < 4.78 is 5.38. The van der Waals surface area contributed by atoms with Gasteiger partial charge in [0.1, 0.15) is 0 Å². The van der Waals surface area contributed by atoms with Gasteiger partial charge >= 0.3 is 0 Å². The highest BCUT2D eigenvalue weighted by Gasteiger charge is 2.30. The van der Waals surface area contributed by atoms with Crippen LogP contribution in [-0.4, -0.2) is 39.7 Å². The van der Waals surface area contributed by atoms with Gasteiger partial charge in [-0.15, -0.1) is 0 Å². The fourth-order valence-corrected chi connectivity index (χ4v) is 3.40. The van der Waals surface area contributed by atoms with Crippen molar-refractivity contribution in [3.05, 3.63) is 52.2 Å². The van der Waals surface area contributed by atoms with E-state index in [0.717, 1.165) is 5.56 Å². The summed E-state index contributed by atoms with van der Waals surface area (Å²) in [6.45, 7) is 2.27. The molecule has 8 heteroatoms. The highest BCUT2D eigenvalue weighted by molar-refractivity contribution is 8.18. The van der Waals surface area contributed by atoms with Crippen molar-refractivity contribution in [1.29, 1.82) is 0 Å². The number of aromatic nitrogens is 1. The second-order valence-electron chi connectivity index (χ2n) is 5.36. The maximum atomic E-state index is 12.5. The van der Waals surface area contributed by atoms with Gasteiger partial charge in [-0.2, -0.15) is 0 Å². The predicted molar refractivity (Wildman–Crippen MR) is 104 cm³/mol. The number of halogens is 1. The monoisotopic (exact) mass is 389 g/mol. The van der Waals surface area contributed by atoms with Crippen molar-refractivity contribution in [1.82, 2.24) is 9.88 Å². The zero-order chi connectivity index (χ0) is 18.7. The molecule has 1 fully saturated rings. The van der Waals surface area contributed by atoms with Crippen LogP contribution in [0.5, 0.6) is 11.5 Å². The lowest BCUT2D eigenvalue weighted by Crippen LogP contribution is -2.23. The van der Waals surface area contributed by atoms with E-state index in [2.05, 4.69) is 9.98 Å². The quantitative estimate of drug-likeness (QED) is 0.797. The smallest absolute Gasteiger partial charge is 0.266 e. The summed E-state index contributed by atoms with van der Waals surface area (Å²) >= 11 is 7.33. The molecule has 1 N–H and O–H groups in total. The average Bonchev–Trinajstić information content (AvgIpc) is 2.88. The number of pyridine rings is 1. The molecule has 1 aliphatic rings. The van der Waals surface area contributed by atoms with Gasteiger partial charge in [0.25, 0.3) is 5.91 Å². The molecule has 2 aromatic rings. The number of phenolic OH excluding ortho intramolecular Hbond substituents is 1. The molecule has 0 spiro atoms. The van der Waals surface area contributed by atoms with Gasteiger partial charge in [-0.1, -0.05) is 17.7 Å². The number of aromatic hydroxyl groups is 1. The van der Waals surface area contributed by atoms with Crippen LogP contribution in [0.15, 0.2) is 46.6 Å². The van der Waals surface area contributed by atoms with Gasteiger partial charge in [0.05, 0.1) is 22.2 Å². The topological polar surface area (TPSA) is 75.0 Å². The number of phenols is 1. The molecule has 0 bridgehead atoms. The predicted octanol–water partition coefficient (Wildman–Crippen LogP) is 4.07. The van der Waals surface area contributed by atoms with Crippen LogP contribution in [-0.2, 0) is 4.79 Å². The zero-order valence-electron chi connectivity index (χ0n) is 14.1. The Morgan fingerprint density at radius 3 is 2.96 bits per heavy atom. The fourth-order valence-electron chi connectivity index (χ4n) is 2.26. The van der Waals surface area contributed by atoms with E-state index in [1.54, 1.807) is 37.5 Å². The summed E-state index contributed by atoms with van der Waals surface area (Å²) in [5.74, 6) is 0.277. The summed E-state index contributed by atoms with van der Waals surface area (Å²) in [6, 6.07) is 6.63. The number of ether oxygens (including phenoxy) is 1. The van der Waals surface area contributed by atoms with Crippen LogP contribution in [0, 0.1) is 0 Å². The van der Waals surface area contributed by atoms with Crippen LogP contribution < -0.4 is 4.74 Å². The Morgan fingerprint density at radius 2 is 2.23 bits per heavy atom. The number of rotatable bonds is 4. The number of aliphatic imine (C=N–C) groups is 1. The third kappa shape index (κ3) is 3.84. The van der Waals surface area contributed by atoms with Gasteiger partial charge in [-0.05, 0) is 48.5 Å². The normalized spacial score (nSPS) is 17.3. The van der Waals surface area contributed by atoms with E-state index in [1.165, 1.54) is 28.9 Å². The highest BCUT2D eigenvalue weighted by Crippen LogP contribution is 2.35. The number of hydrogen-bond acceptors (Lipinski definition) is 6. The lowest BCUT2D eigenvalue weighted by molar-refractivity contribution is -0.121. The highest BCUT2D eigenvalue weighted by atomic mass is 35.5. The Labute approximate surface area is 160 Å². The molecule has 0 unspecified atom stereocenters. The minimum absolute atomic E-state index is 0.0612. The van der Waals surface area contributed by atoms with E-state index in [9.17, 15) is 9.90 Å². The van der Waals surface area contributed by atoms with Crippen molar-refractivity contribution < 1.29 is 14.6 Å². The lowest BCUT2D eigenvalue weighted by Gasteiger charge is -2.07. The molecular weight excluding hydrogens is 374 g/mol. The van der Waals surface area contributed by atoms with Crippen molar-refractivity contribution in [3.63, 3.8) is 0 Å². The number of carbonyl (C=O) groups excluding carboxylic acids is 1. The van der Waals surface area contributed by atoms with Crippen molar-refractivity contribution in [2.24, 2.45) is 4.99 Å². The average molecular weight is 390 g/mol. The molecule has 1 amide bonds. The summed E-state index contributed by atoms with van der Waals surface area (Å²) in [5.41, 5.74) is 1.30. The molecule has 1 aliphatic heterocycles. The van der Waals surface area contributed by atoms with Gasteiger partial charge in [-0.3, -0.25) is 14.7 Å². The number of hydrogen-bond donors (Lipinski definition) is 1. The Balaban J connectivity index is 1.90. The molecule has 3 rings (SSSR count). The van der Waals surface area contributed by atoms with Crippen LogP contribution in [0.25, 0.3) is 6.08 Å². The van der Waals surface area contributed by atoms with E-state index in [-0.39, 0.29) is 11.7 Å². The molecule has 1 aromatic carbocycles. The largest absolute Gasteiger partial charge is 0.504 e. The van der Waals surface area contributed by atoms with E-state index in [4.69, 9.17) is 16.3 Å². The number of amidine groups is 1. The summed E-state index contributed by atoms with van der Waals surface area (Å²) in [5, 5.41) is 10.7. The van der Waals surface area contributed by atoms with Crippen molar-refractivity contribution in [2.75, 3.05) is 13.7 Å². The molecule has 26 heavy (non-hydrogen) atoms. The van der Waals surface area contributed by atoms with Crippen LogP contribution >= 0.6 is 23.4 Å². The van der Waals surface area contributed by atoms with Gasteiger partial charge in [0.2, 0.25) is 0 Å². The fraction of sp³-hybridized carbons (Fsp3) is 0.167. The minimum atomic E-state index is -0.162. The Morgan fingerprint density at radius 1 is 1.42 bits per heavy atom. The summed E-state index contributed by atoms with van der Waals surface area (Å²) in [7, 11) is 1.66. The Bertz CT molecular complexity index is 914. The number of amides is 1. The molecule has 2 heterocycles. The standard InChI is InChI=1S/C18H16ClN3O3S/c1-3-25-15-8-11(4-5-14(15)23)9-16-17(24)22(2)18(26-16)21-13-6-7-20-10-12(13)19/h4-10,23H,3H2,1-2H3/b16-9-,21-18?. The summed E-state index contributed by atoms with van der Waals surface area (Å²) in [4.78, 5) is 22.9. The maximum absolute atomic E-state index is 12.5. The maximum Gasteiger partial charge on any atom is 0.266 e. The third-order valence-corrected chi connectivity index (χ3v) is 4.90. The molecular formula is C18H16ClN3O3S. The molecule has 0 radical (unpaired) electrons. The molecule has 1 aromatic heterocycles. The van der Waals surface area contributed by atoms with Gasteiger partial charge in [0, 0.05) is 19.4 Å². The molecule has 0 aliphatic carbocycles. The zero-order valence-corrected chi connectivity index (χ0v) is 15.7. The molecule has 0 atom stereocenters. The van der Waals surface area contributed by atoms with Crippen molar-refractivity contribution >= 4 is 46.2 Å². The number of thioether (sulfide) groups is 1. The van der Waals surface area contributed by atoms with Crippen LogP contribution in [0.2, 0.25) is 5.02 Å². The number of likely N-dealkylation sites (N-methyl/N-ethyl adjacent to an activating group) is 1. The van der Waals surface area contributed by atoms with Crippen LogP contribution in [0.1, 0.15) is 12.5 Å². The first-order valence-electron chi connectivity index (χ1n) is 7.81. The van der Waals surface area contributed by atoms with E-state index in [1.807, 2.05) is 6.92 Å². The first kappa shape index (κ1) is 18.3. The number of nitrogens with zero attached hydrogens (tertiary/aromatic N) is 3. The van der Waals surface area contributed by atoms with Gasteiger partial charge < -0.3 is 9.84 Å². The van der Waals surface area contributed by atoms with Crippen LogP contribution in [0.4, 0.5) is 5.69 Å². The second kappa shape index (κ2) is 7.80. The third-order valence-electron chi connectivity index (χ3n) is 3.55. The van der Waals surface area contributed by atoms with Crippen molar-refractivity contribution in [3.8, 4) is 11.5 Å². The molecule has 6 nitrogen and oxygen atoms in total. The Kier molecular flexibility index (Phi) is 5.49. The first-order valence-corrected chi connectivity index (χ1v) is 9.00. The van der Waals surface area contributed by atoms with E-state index < -0.39 is 0 Å². The SMILES string of the molecule is CCOc1cc(/C=C2\SC(=Nc3ccncc3Cl)N(C)C2=O)ccc1O. The summed E-state index contributed by atoms with van der Waals surface area (Å²) in [6.07, 6.45) is 4.84. The molecule has 0 saturated carbocycles. The molecule has 1 saturated heterocycles. The van der Waals surface area contributed by atoms with Gasteiger partial charge in [-0.25, -0.2) is 4.99 Å². The number of benzene rings is 1. The Hall–Kier alpha value is -2.51. The minimum Gasteiger partial charge on any atom is -0.504 e. The van der Waals surface area contributed by atoms with Crippen LogP contribution in [0.3, 0.4) is 0 Å². The van der Waals surface area contributed by atoms with Gasteiger partial charge in [0.15, 0.2) is 16.7 Å². The number of carbonyl (C=O) groups is 1. The lowest BCUT2D eigenvalue weighted by atomic mass is 10.2. The second-order valence-corrected chi connectivity index (χ2v) is 6.77. The first-order chi connectivity index (χ1) is 12.5. The van der Waals surface area contributed by atoms with E-state index in [0.29, 0.717) is 33.1 Å². The molecule has 134 valence electrons. The van der Waals surface area contributed by atoms with Crippen molar-refractivity contribution in [2.45, 2.75) is 6.92 Å². The van der Waals surface area contributed by atoms with E-state index >= 15 is 0 Å².